The number of nitrogens with one attached hydrogen (secondary N) is 1. The topological polar surface area (TPSA) is 63.0 Å². The standard InChI is InChI=1S/C18H24N4OS/c1-12(17-21-15-7-5-6-8-16(15)24-17)13(2)19-11-18(3,23)14-9-20-22(4)10-14/h5-10,12-13,19,23H,11H2,1-4H3. The monoisotopic (exact) mass is 344 g/mol. The number of aryl methyl sites for hydroxylation is 1. The lowest BCUT2D eigenvalue weighted by molar-refractivity contribution is 0.0535. The summed E-state index contributed by atoms with van der Waals surface area (Å²) >= 11 is 1.74. The molecule has 0 aliphatic heterocycles. The number of aliphatic hydroxyl groups is 1. The quantitative estimate of drug-likeness (QED) is 0.721. The van der Waals surface area contributed by atoms with Crippen molar-refractivity contribution in [1.82, 2.24) is 20.1 Å². The van der Waals surface area contributed by atoms with Gasteiger partial charge in [0.2, 0.25) is 0 Å². The van der Waals surface area contributed by atoms with Gasteiger partial charge in [0, 0.05) is 37.3 Å². The van der Waals surface area contributed by atoms with Crippen molar-refractivity contribution < 1.29 is 5.11 Å². The van der Waals surface area contributed by atoms with Gasteiger partial charge in [-0.15, -0.1) is 11.3 Å². The van der Waals surface area contributed by atoms with Gasteiger partial charge in [0.1, 0.15) is 5.60 Å². The molecule has 6 heteroatoms. The Hall–Kier alpha value is -1.76. The maximum Gasteiger partial charge on any atom is 0.102 e. The van der Waals surface area contributed by atoms with Crippen LogP contribution in [-0.4, -0.2) is 32.5 Å². The Morgan fingerprint density at radius 1 is 1.33 bits per heavy atom. The summed E-state index contributed by atoms with van der Waals surface area (Å²) in [5.74, 6) is 0.270. The molecule has 3 unspecified atom stereocenters. The Morgan fingerprint density at radius 3 is 2.75 bits per heavy atom. The van der Waals surface area contributed by atoms with Gasteiger partial charge >= 0.3 is 0 Å². The summed E-state index contributed by atoms with van der Waals surface area (Å²) in [6.45, 7) is 6.59. The molecule has 0 spiro atoms. The van der Waals surface area contributed by atoms with Gasteiger partial charge < -0.3 is 10.4 Å². The fourth-order valence-electron chi connectivity index (χ4n) is 2.64. The molecular weight excluding hydrogens is 320 g/mol. The maximum absolute atomic E-state index is 10.7. The van der Waals surface area contributed by atoms with Crippen LogP contribution in [0.3, 0.4) is 0 Å². The summed E-state index contributed by atoms with van der Waals surface area (Å²) in [7, 11) is 1.85. The van der Waals surface area contributed by atoms with Gasteiger partial charge in [-0.3, -0.25) is 4.68 Å². The second-order valence-corrected chi connectivity index (χ2v) is 7.72. The summed E-state index contributed by atoms with van der Waals surface area (Å²) in [5, 5.41) is 19.4. The summed E-state index contributed by atoms with van der Waals surface area (Å²) in [4.78, 5) is 4.74. The molecule has 3 aromatic rings. The van der Waals surface area contributed by atoms with Gasteiger partial charge in [0.25, 0.3) is 0 Å². The number of hydrogen-bond acceptors (Lipinski definition) is 5. The lowest BCUT2D eigenvalue weighted by atomic mass is 9.97. The summed E-state index contributed by atoms with van der Waals surface area (Å²) in [5.41, 5.74) is 0.923. The number of benzene rings is 1. The predicted octanol–water partition coefficient (Wildman–Crippen LogP) is 3.02. The molecule has 2 N–H and O–H groups in total. The van der Waals surface area contributed by atoms with Crippen LogP contribution >= 0.6 is 11.3 Å². The van der Waals surface area contributed by atoms with E-state index in [1.807, 2.05) is 38.4 Å². The van der Waals surface area contributed by atoms with E-state index in [4.69, 9.17) is 4.98 Å². The average molecular weight is 344 g/mol. The molecule has 2 heterocycles. The van der Waals surface area contributed by atoms with Gasteiger partial charge in [-0.2, -0.15) is 5.10 Å². The first-order valence-corrected chi connectivity index (χ1v) is 8.99. The van der Waals surface area contributed by atoms with Gasteiger partial charge in [-0.25, -0.2) is 4.98 Å². The summed E-state index contributed by atoms with van der Waals surface area (Å²) < 4.78 is 2.92. The first-order valence-electron chi connectivity index (χ1n) is 8.17. The van der Waals surface area contributed by atoms with E-state index >= 15 is 0 Å². The summed E-state index contributed by atoms with van der Waals surface area (Å²) in [6.07, 6.45) is 3.56. The first kappa shape index (κ1) is 17.1. The molecule has 0 fully saturated rings. The smallest absolute Gasteiger partial charge is 0.102 e. The van der Waals surface area contributed by atoms with Crippen LogP contribution in [0.4, 0.5) is 0 Å². The molecule has 2 aromatic heterocycles. The van der Waals surface area contributed by atoms with Crippen molar-refractivity contribution in [1.29, 1.82) is 0 Å². The Bertz CT molecular complexity index is 790. The largest absolute Gasteiger partial charge is 0.384 e. The normalized spacial score (nSPS) is 16.9. The molecule has 0 aliphatic rings. The molecule has 128 valence electrons. The van der Waals surface area contributed by atoms with E-state index in [2.05, 4.69) is 30.3 Å². The van der Waals surface area contributed by atoms with Crippen molar-refractivity contribution in [2.45, 2.75) is 38.3 Å². The van der Waals surface area contributed by atoms with Crippen molar-refractivity contribution in [3.8, 4) is 0 Å². The fraction of sp³-hybridized carbons (Fsp3) is 0.444. The predicted molar refractivity (Wildman–Crippen MR) is 98.3 cm³/mol. The Morgan fingerprint density at radius 2 is 2.08 bits per heavy atom. The van der Waals surface area contributed by atoms with E-state index in [1.54, 1.807) is 22.2 Å². The molecule has 0 saturated carbocycles. The van der Waals surface area contributed by atoms with E-state index in [9.17, 15) is 5.11 Å². The van der Waals surface area contributed by atoms with E-state index in [1.165, 1.54) is 4.70 Å². The molecule has 0 radical (unpaired) electrons. The second kappa shape index (κ2) is 6.63. The van der Waals surface area contributed by atoms with Crippen molar-refractivity contribution in [3.05, 3.63) is 47.2 Å². The number of hydrogen-bond donors (Lipinski definition) is 2. The molecule has 3 atom stereocenters. The zero-order chi connectivity index (χ0) is 17.3. The van der Waals surface area contributed by atoms with Crippen LogP contribution in [0.5, 0.6) is 0 Å². The second-order valence-electron chi connectivity index (χ2n) is 6.65. The van der Waals surface area contributed by atoms with Gasteiger partial charge in [-0.1, -0.05) is 19.1 Å². The van der Waals surface area contributed by atoms with E-state index in [-0.39, 0.29) is 12.0 Å². The molecule has 5 nitrogen and oxygen atoms in total. The van der Waals surface area contributed by atoms with E-state index in [0.717, 1.165) is 16.1 Å². The molecule has 24 heavy (non-hydrogen) atoms. The summed E-state index contributed by atoms with van der Waals surface area (Å²) in [6, 6.07) is 8.42. The van der Waals surface area contributed by atoms with Crippen molar-refractivity contribution in [2.24, 2.45) is 7.05 Å². The van der Waals surface area contributed by atoms with Crippen LogP contribution in [0.1, 0.15) is 37.3 Å². The molecule has 0 saturated heterocycles. The van der Waals surface area contributed by atoms with Crippen molar-refractivity contribution in [3.63, 3.8) is 0 Å². The Labute approximate surface area is 146 Å². The van der Waals surface area contributed by atoms with Crippen LogP contribution in [0.25, 0.3) is 10.2 Å². The number of thiazole rings is 1. The van der Waals surface area contributed by atoms with Crippen LogP contribution < -0.4 is 5.32 Å². The zero-order valence-corrected chi connectivity index (χ0v) is 15.3. The Balaban J connectivity index is 1.66. The molecule has 1 aromatic carbocycles. The van der Waals surface area contributed by atoms with Crippen molar-refractivity contribution in [2.75, 3.05) is 6.54 Å². The van der Waals surface area contributed by atoms with Crippen molar-refractivity contribution >= 4 is 21.6 Å². The minimum absolute atomic E-state index is 0.203. The lowest BCUT2D eigenvalue weighted by Gasteiger charge is -2.27. The molecule has 0 bridgehead atoms. The highest BCUT2D eigenvalue weighted by Gasteiger charge is 2.27. The number of aromatic nitrogens is 3. The third kappa shape index (κ3) is 3.50. The Kier molecular flexibility index (Phi) is 4.71. The molecular formula is C18H24N4OS. The number of nitrogens with zero attached hydrogens (tertiary/aromatic N) is 3. The first-order chi connectivity index (χ1) is 11.4. The van der Waals surface area contributed by atoms with Gasteiger partial charge in [-0.05, 0) is 26.0 Å². The van der Waals surface area contributed by atoms with Crippen LogP contribution in [-0.2, 0) is 12.6 Å². The van der Waals surface area contributed by atoms with Crippen LogP contribution in [0, 0.1) is 0 Å². The maximum atomic E-state index is 10.7. The molecule has 0 amide bonds. The number of para-hydroxylation sites is 1. The van der Waals surface area contributed by atoms with E-state index < -0.39 is 5.60 Å². The molecule has 0 aliphatic carbocycles. The highest BCUT2D eigenvalue weighted by atomic mass is 32.1. The number of fused-ring (bicyclic) bond motifs is 1. The van der Waals surface area contributed by atoms with Crippen LogP contribution in [0.2, 0.25) is 0 Å². The van der Waals surface area contributed by atoms with Gasteiger partial charge in [0.05, 0.1) is 21.4 Å². The average Bonchev–Trinajstić information content (AvgIpc) is 3.18. The third-order valence-corrected chi connectivity index (χ3v) is 5.78. The third-order valence-electron chi connectivity index (χ3n) is 4.54. The highest BCUT2D eigenvalue weighted by molar-refractivity contribution is 7.18. The zero-order valence-electron chi connectivity index (χ0n) is 14.5. The van der Waals surface area contributed by atoms with Crippen LogP contribution in [0.15, 0.2) is 36.7 Å². The molecule has 3 rings (SSSR count). The fourth-order valence-corrected chi connectivity index (χ4v) is 3.76. The highest BCUT2D eigenvalue weighted by Crippen LogP contribution is 2.29. The van der Waals surface area contributed by atoms with E-state index in [0.29, 0.717) is 6.54 Å². The minimum atomic E-state index is -0.949. The van der Waals surface area contributed by atoms with Gasteiger partial charge in [0.15, 0.2) is 0 Å². The minimum Gasteiger partial charge on any atom is -0.384 e. The number of rotatable bonds is 6. The SMILES string of the molecule is CC(NCC(C)(O)c1cnn(C)c1)C(C)c1nc2ccccc2s1. The lowest BCUT2D eigenvalue weighted by Crippen LogP contribution is -2.41.